The zero-order chi connectivity index (χ0) is 22.5. The lowest BCUT2D eigenvalue weighted by Gasteiger charge is -2.08. The number of nitrogens with one attached hydrogen (secondary N) is 1. The summed E-state index contributed by atoms with van der Waals surface area (Å²) in [7, 11) is 1.33. The van der Waals surface area contributed by atoms with Gasteiger partial charge >= 0.3 is 5.97 Å². The van der Waals surface area contributed by atoms with E-state index >= 15 is 0 Å². The quantitative estimate of drug-likeness (QED) is 0.302. The van der Waals surface area contributed by atoms with Crippen LogP contribution in [0, 0.1) is 6.92 Å². The number of thioether (sulfide) groups is 1. The van der Waals surface area contributed by atoms with E-state index in [9.17, 15) is 9.59 Å². The number of hydrogen-bond acceptors (Lipinski definition) is 5. The minimum absolute atomic E-state index is 0.0738. The van der Waals surface area contributed by atoms with Crippen LogP contribution in [0.2, 0.25) is 0 Å². The molecule has 0 unspecified atom stereocenters. The Labute approximate surface area is 190 Å². The van der Waals surface area contributed by atoms with Crippen molar-refractivity contribution in [1.82, 2.24) is 9.88 Å². The molecule has 0 atom stereocenters. The molecule has 0 radical (unpaired) electrons. The molecule has 0 saturated carbocycles. The van der Waals surface area contributed by atoms with Crippen molar-refractivity contribution in [3.05, 3.63) is 89.5 Å². The van der Waals surface area contributed by atoms with E-state index in [4.69, 9.17) is 4.42 Å². The van der Waals surface area contributed by atoms with E-state index in [0.29, 0.717) is 30.2 Å². The Kier molecular flexibility index (Phi) is 6.66. The number of carbonyl (C=O) groups is 2. The van der Waals surface area contributed by atoms with Crippen LogP contribution in [0.3, 0.4) is 0 Å². The van der Waals surface area contributed by atoms with Gasteiger partial charge in [0.1, 0.15) is 5.76 Å². The second kappa shape index (κ2) is 9.78. The maximum Gasteiger partial charge on any atom is 0.373 e. The molecule has 2 aromatic carbocycles. The molecular weight excluding hydrogens is 424 g/mol. The van der Waals surface area contributed by atoms with Crippen LogP contribution in [0.25, 0.3) is 10.9 Å². The fourth-order valence-electron chi connectivity index (χ4n) is 3.42. The van der Waals surface area contributed by atoms with Crippen molar-refractivity contribution in [3.8, 4) is 0 Å². The first-order valence-electron chi connectivity index (χ1n) is 10.3. The average Bonchev–Trinajstić information content (AvgIpc) is 3.43. The smallest absolute Gasteiger partial charge is 0.373 e. The van der Waals surface area contributed by atoms with Crippen LogP contribution in [0.1, 0.15) is 32.2 Å². The van der Waals surface area contributed by atoms with Crippen LogP contribution < -0.4 is 5.32 Å². The van der Waals surface area contributed by atoms with Gasteiger partial charge in [0, 0.05) is 40.6 Å². The first-order chi connectivity index (χ1) is 15.5. The van der Waals surface area contributed by atoms with Crippen molar-refractivity contribution in [2.75, 3.05) is 13.7 Å². The van der Waals surface area contributed by atoms with Crippen LogP contribution in [-0.4, -0.2) is 30.1 Å². The third kappa shape index (κ3) is 4.89. The molecule has 0 spiro atoms. The second-order valence-corrected chi connectivity index (χ2v) is 8.39. The molecule has 1 N–H and O–H groups in total. The van der Waals surface area contributed by atoms with E-state index in [1.165, 1.54) is 7.11 Å². The standard InChI is InChI=1S/C25H24N2O4S/c1-17-7-9-18(10-8-17)24(28)26-13-14-27-15-23(20-5-3-4-6-21(20)27)32-16-19-11-12-22(31-19)25(29)30-2/h3-12,15H,13-14,16H2,1-2H3,(H,26,28). The van der Waals surface area contributed by atoms with Gasteiger partial charge in [-0.15, -0.1) is 11.8 Å². The molecule has 0 bridgehead atoms. The molecule has 32 heavy (non-hydrogen) atoms. The molecule has 7 heteroatoms. The minimum Gasteiger partial charge on any atom is -0.463 e. The number of esters is 1. The van der Waals surface area contributed by atoms with E-state index < -0.39 is 5.97 Å². The first kappa shape index (κ1) is 21.8. The van der Waals surface area contributed by atoms with Crippen molar-refractivity contribution in [1.29, 1.82) is 0 Å². The van der Waals surface area contributed by atoms with E-state index in [1.54, 1.807) is 23.9 Å². The lowest BCUT2D eigenvalue weighted by molar-refractivity contribution is 0.0563. The summed E-state index contributed by atoms with van der Waals surface area (Å²) in [5.41, 5.74) is 2.89. The van der Waals surface area contributed by atoms with Gasteiger partial charge in [0.2, 0.25) is 5.76 Å². The highest BCUT2D eigenvalue weighted by molar-refractivity contribution is 7.98. The summed E-state index contributed by atoms with van der Waals surface area (Å²) in [6.07, 6.45) is 2.09. The molecule has 0 aliphatic carbocycles. The van der Waals surface area contributed by atoms with Crippen molar-refractivity contribution >= 4 is 34.5 Å². The van der Waals surface area contributed by atoms with Crippen LogP contribution in [-0.2, 0) is 17.0 Å². The normalized spacial score (nSPS) is 10.9. The first-order valence-corrected chi connectivity index (χ1v) is 11.3. The molecular formula is C25H24N2O4S. The summed E-state index contributed by atoms with van der Waals surface area (Å²) < 4.78 is 12.4. The Morgan fingerprint density at radius 3 is 2.62 bits per heavy atom. The summed E-state index contributed by atoms with van der Waals surface area (Å²) in [4.78, 5) is 25.1. The molecule has 0 fully saturated rings. The van der Waals surface area contributed by atoms with Gasteiger partial charge in [-0.2, -0.15) is 0 Å². The fraction of sp³-hybridized carbons (Fsp3) is 0.200. The third-order valence-corrected chi connectivity index (χ3v) is 6.19. The van der Waals surface area contributed by atoms with Crippen LogP contribution in [0.4, 0.5) is 0 Å². The zero-order valence-corrected chi connectivity index (χ0v) is 18.8. The Morgan fingerprint density at radius 2 is 1.84 bits per heavy atom. The average molecular weight is 449 g/mol. The van der Waals surface area contributed by atoms with Gasteiger partial charge in [-0.3, -0.25) is 4.79 Å². The number of furan rings is 1. The van der Waals surface area contributed by atoms with Gasteiger partial charge < -0.3 is 19.0 Å². The Morgan fingerprint density at radius 1 is 1.06 bits per heavy atom. The highest BCUT2D eigenvalue weighted by atomic mass is 32.2. The van der Waals surface area contributed by atoms with Crippen LogP contribution in [0.15, 0.2) is 76.2 Å². The maximum absolute atomic E-state index is 12.4. The van der Waals surface area contributed by atoms with Gasteiger partial charge in [0.05, 0.1) is 12.9 Å². The number of ether oxygens (including phenoxy) is 1. The molecule has 0 aliphatic rings. The van der Waals surface area contributed by atoms with Gasteiger partial charge in [-0.05, 0) is 37.3 Å². The fourth-order valence-corrected chi connectivity index (χ4v) is 4.41. The molecule has 6 nitrogen and oxygen atoms in total. The molecule has 1 amide bonds. The molecule has 0 saturated heterocycles. The predicted molar refractivity (Wildman–Crippen MR) is 125 cm³/mol. The summed E-state index contributed by atoms with van der Waals surface area (Å²) in [6, 6.07) is 19.1. The van der Waals surface area contributed by atoms with Crippen molar-refractivity contribution in [3.63, 3.8) is 0 Å². The summed E-state index contributed by atoms with van der Waals surface area (Å²) in [5, 5.41) is 4.13. The Bertz CT molecular complexity index is 1240. The highest BCUT2D eigenvalue weighted by Crippen LogP contribution is 2.32. The van der Waals surface area contributed by atoms with E-state index in [1.807, 2.05) is 43.3 Å². The largest absolute Gasteiger partial charge is 0.463 e. The molecule has 4 rings (SSSR count). The molecule has 2 heterocycles. The number of nitrogens with zero attached hydrogens (tertiary/aromatic N) is 1. The number of rotatable bonds is 8. The molecule has 0 aliphatic heterocycles. The van der Waals surface area contributed by atoms with E-state index in [0.717, 1.165) is 21.4 Å². The number of carbonyl (C=O) groups excluding carboxylic acids is 2. The SMILES string of the molecule is COC(=O)c1ccc(CSc2cn(CCNC(=O)c3ccc(C)cc3)c3ccccc23)o1. The lowest BCUT2D eigenvalue weighted by atomic mass is 10.1. The lowest BCUT2D eigenvalue weighted by Crippen LogP contribution is -2.27. The number of amides is 1. The number of benzene rings is 2. The second-order valence-electron chi connectivity index (χ2n) is 7.37. The van der Waals surface area contributed by atoms with Crippen molar-refractivity contribution < 1.29 is 18.7 Å². The van der Waals surface area contributed by atoms with Gasteiger partial charge in [0.25, 0.3) is 5.91 Å². The minimum atomic E-state index is -0.481. The van der Waals surface area contributed by atoms with Crippen molar-refractivity contribution in [2.45, 2.75) is 24.1 Å². The summed E-state index contributed by atoms with van der Waals surface area (Å²) in [5.74, 6) is 0.947. The van der Waals surface area contributed by atoms with E-state index in [2.05, 4.69) is 33.0 Å². The molecule has 4 aromatic rings. The van der Waals surface area contributed by atoms with Gasteiger partial charge in [0.15, 0.2) is 0 Å². The Hall–Kier alpha value is -3.45. The molecule has 2 aromatic heterocycles. The number of aryl methyl sites for hydroxylation is 1. The van der Waals surface area contributed by atoms with Crippen LogP contribution in [0.5, 0.6) is 0 Å². The summed E-state index contributed by atoms with van der Waals surface area (Å²) in [6.45, 7) is 3.18. The number of aromatic nitrogens is 1. The monoisotopic (exact) mass is 448 g/mol. The highest BCUT2D eigenvalue weighted by Gasteiger charge is 2.13. The third-order valence-electron chi connectivity index (χ3n) is 5.12. The van der Waals surface area contributed by atoms with Crippen LogP contribution >= 0.6 is 11.8 Å². The van der Waals surface area contributed by atoms with Crippen molar-refractivity contribution in [2.24, 2.45) is 0 Å². The van der Waals surface area contributed by atoms with Gasteiger partial charge in [-0.25, -0.2) is 4.79 Å². The Balaban J connectivity index is 1.42. The summed E-state index contributed by atoms with van der Waals surface area (Å²) >= 11 is 1.64. The number of hydrogen-bond donors (Lipinski definition) is 1. The number of methoxy groups -OCH3 is 1. The topological polar surface area (TPSA) is 73.5 Å². The number of para-hydroxylation sites is 1. The zero-order valence-electron chi connectivity index (χ0n) is 18.0. The maximum atomic E-state index is 12.4. The number of fused-ring (bicyclic) bond motifs is 1. The predicted octanol–water partition coefficient (Wildman–Crippen LogP) is 5.05. The molecule has 164 valence electrons. The van der Waals surface area contributed by atoms with E-state index in [-0.39, 0.29) is 11.7 Å². The van der Waals surface area contributed by atoms with Gasteiger partial charge in [-0.1, -0.05) is 35.9 Å².